The van der Waals surface area contributed by atoms with E-state index in [0.717, 1.165) is 35.4 Å². The molecular formula is C25H30N2O. The second-order valence-corrected chi connectivity index (χ2v) is 9.22. The summed E-state index contributed by atoms with van der Waals surface area (Å²) >= 11 is 0. The van der Waals surface area contributed by atoms with Crippen molar-refractivity contribution >= 4 is 16.5 Å². The highest BCUT2D eigenvalue weighted by Gasteiger charge is 2.37. The number of fused-ring (bicyclic) bond motifs is 1. The molecule has 0 saturated carbocycles. The van der Waals surface area contributed by atoms with Crippen molar-refractivity contribution in [3.8, 4) is 11.5 Å². The van der Waals surface area contributed by atoms with Gasteiger partial charge in [0.15, 0.2) is 5.75 Å². The van der Waals surface area contributed by atoms with Crippen LogP contribution in [-0.2, 0) is 0 Å². The van der Waals surface area contributed by atoms with E-state index in [2.05, 4.69) is 80.8 Å². The molecule has 4 rings (SSSR count). The number of hydrogen-bond donors (Lipinski definition) is 2. The Labute approximate surface area is 168 Å². The van der Waals surface area contributed by atoms with Crippen LogP contribution in [0.4, 0.5) is 5.69 Å². The molecule has 1 saturated heterocycles. The largest absolute Gasteiger partial charge is 0.455 e. The Morgan fingerprint density at radius 2 is 1.39 bits per heavy atom. The molecule has 0 atom stereocenters. The molecule has 2 N–H and O–H groups in total. The fourth-order valence-electron chi connectivity index (χ4n) is 4.72. The Bertz CT molecular complexity index is 956. The molecule has 0 amide bonds. The van der Waals surface area contributed by atoms with Gasteiger partial charge < -0.3 is 15.4 Å². The molecule has 1 heterocycles. The minimum atomic E-state index is 0.102. The van der Waals surface area contributed by atoms with E-state index >= 15 is 0 Å². The van der Waals surface area contributed by atoms with E-state index in [1.54, 1.807) is 0 Å². The van der Waals surface area contributed by atoms with Gasteiger partial charge in [-0.25, -0.2) is 0 Å². The molecule has 3 heteroatoms. The van der Waals surface area contributed by atoms with Crippen molar-refractivity contribution in [3.63, 3.8) is 0 Å². The molecule has 0 radical (unpaired) electrons. The third-order valence-corrected chi connectivity index (χ3v) is 5.41. The van der Waals surface area contributed by atoms with Gasteiger partial charge >= 0.3 is 0 Å². The summed E-state index contributed by atoms with van der Waals surface area (Å²) in [5.74, 6) is 1.76. The summed E-state index contributed by atoms with van der Waals surface area (Å²) < 4.78 is 6.39. The van der Waals surface area contributed by atoms with E-state index in [0.29, 0.717) is 6.04 Å². The van der Waals surface area contributed by atoms with Crippen molar-refractivity contribution in [1.82, 2.24) is 5.32 Å². The maximum Gasteiger partial charge on any atom is 0.150 e. The lowest BCUT2D eigenvalue weighted by atomic mass is 9.79. The number of hydrogen-bond acceptors (Lipinski definition) is 3. The molecule has 1 aliphatic rings. The monoisotopic (exact) mass is 374 g/mol. The van der Waals surface area contributed by atoms with E-state index in [9.17, 15) is 0 Å². The number of nitrogens with one attached hydrogen (secondary N) is 2. The Hall–Kier alpha value is -2.52. The summed E-state index contributed by atoms with van der Waals surface area (Å²) in [4.78, 5) is 0. The minimum absolute atomic E-state index is 0.102. The Kier molecular flexibility index (Phi) is 4.80. The lowest BCUT2D eigenvalue weighted by Gasteiger charge is -2.47. The molecule has 3 nitrogen and oxygen atoms in total. The zero-order chi connectivity index (χ0) is 19.8. The summed E-state index contributed by atoms with van der Waals surface area (Å²) in [7, 11) is 0. The zero-order valence-electron chi connectivity index (χ0n) is 17.3. The predicted molar refractivity (Wildman–Crippen MR) is 118 cm³/mol. The van der Waals surface area contributed by atoms with Crippen LogP contribution in [0.3, 0.4) is 0 Å². The van der Waals surface area contributed by atoms with Crippen LogP contribution < -0.4 is 15.4 Å². The highest BCUT2D eigenvalue weighted by Crippen LogP contribution is 2.36. The van der Waals surface area contributed by atoms with Gasteiger partial charge in [-0.15, -0.1) is 0 Å². The van der Waals surface area contributed by atoms with Crippen molar-refractivity contribution in [3.05, 3.63) is 66.7 Å². The number of benzene rings is 3. The summed E-state index contributed by atoms with van der Waals surface area (Å²) in [6, 6.07) is 23.2. The van der Waals surface area contributed by atoms with Crippen LogP contribution in [0, 0.1) is 0 Å². The molecule has 28 heavy (non-hydrogen) atoms. The van der Waals surface area contributed by atoms with Gasteiger partial charge in [-0.3, -0.25) is 0 Å². The number of anilines is 1. The maximum absolute atomic E-state index is 6.39. The molecule has 0 aromatic heterocycles. The first kappa shape index (κ1) is 18.8. The Morgan fingerprint density at radius 3 is 2.18 bits per heavy atom. The van der Waals surface area contributed by atoms with Crippen LogP contribution in [0.5, 0.6) is 11.5 Å². The Morgan fingerprint density at radius 1 is 0.786 bits per heavy atom. The maximum atomic E-state index is 6.39. The standard InChI is InChI=1S/C25H30N2O/c1-24(2)16-19(17-25(3,4)27-24)26-21-13-7-8-14-23(21)28-22-15-9-11-18-10-5-6-12-20(18)22/h5-15,19,26-27H,16-17H2,1-4H3. The molecule has 0 spiro atoms. The molecule has 3 aromatic rings. The van der Waals surface area contributed by atoms with Crippen LogP contribution in [0.2, 0.25) is 0 Å². The van der Waals surface area contributed by atoms with E-state index in [1.807, 2.05) is 24.3 Å². The molecule has 3 aromatic carbocycles. The lowest BCUT2D eigenvalue weighted by molar-refractivity contribution is 0.170. The molecule has 0 aliphatic carbocycles. The van der Waals surface area contributed by atoms with Gasteiger partial charge in [0.05, 0.1) is 5.69 Å². The van der Waals surface area contributed by atoms with Crippen molar-refractivity contribution in [2.24, 2.45) is 0 Å². The zero-order valence-corrected chi connectivity index (χ0v) is 17.3. The van der Waals surface area contributed by atoms with Gasteiger partial charge in [0.2, 0.25) is 0 Å². The number of para-hydroxylation sites is 2. The summed E-state index contributed by atoms with van der Waals surface area (Å²) in [5.41, 5.74) is 1.25. The average Bonchev–Trinajstić information content (AvgIpc) is 2.61. The van der Waals surface area contributed by atoms with Gasteiger partial charge in [0.1, 0.15) is 5.75 Å². The first-order valence-electron chi connectivity index (χ1n) is 10.1. The average molecular weight is 375 g/mol. The fourth-order valence-corrected chi connectivity index (χ4v) is 4.72. The minimum Gasteiger partial charge on any atom is -0.455 e. The molecule has 0 bridgehead atoms. The van der Waals surface area contributed by atoms with Crippen LogP contribution in [0.1, 0.15) is 40.5 Å². The fraction of sp³-hybridized carbons (Fsp3) is 0.360. The van der Waals surface area contributed by atoms with E-state index in [4.69, 9.17) is 4.74 Å². The third-order valence-electron chi connectivity index (χ3n) is 5.41. The molecular weight excluding hydrogens is 344 g/mol. The van der Waals surface area contributed by atoms with Crippen molar-refractivity contribution in [2.75, 3.05) is 5.32 Å². The van der Waals surface area contributed by atoms with Gasteiger partial charge in [0, 0.05) is 22.5 Å². The van der Waals surface area contributed by atoms with Crippen LogP contribution >= 0.6 is 0 Å². The highest BCUT2D eigenvalue weighted by atomic mass is 16.5. The predicted octanol–water partition coefficient (Wildman–Crippen LogP) is 6.35. The van der Waals surface area contributed by atoms with Gasteiger partial charge in [-0.2, -0.15) is 0 Å². The summed E-state index contributed by atoms with van der Waals surface area (Å²) in [5, 5.41) is 9.83. The van der Waals surface area contributed by atoms with Crippen molar-refractivity contribution in [2.45, 2.75) is 57.7 Å². The van der Waals surface area contributed by atoms with Crippen LogP contribution in [0.25, 0.3) is 10.8 Å². The molecule has 1 aliphatic heterocycles. The molecule has 0 unspecified atom stereocenters. The second kappa shape index (κ2) is 7.14. The third kappa shape index (κ3) is 4.15. The van der Waals surface area contributed by atoms with Crippen molar-refractivity contribution < 1.29 is 4.74 Å². The van der Waals surface area contributed by atoms with Crippen molar-refractivity contribution in [1.29, 1.82) is 0 Å². The first-order chi connectivity index (χ1) is 13.3. The quantitative estimate of drug-likeness (QED) is 0.558. The molecule has 1 fully saturated rings. The second-order valence-electron chi connectivity index (χ2n) is 9.22. The smallest absolute Gasteiger partial charge is 0.150 e. The van der Waals surface area contributed by atoms with Gasteiger partial charge in [-0.05, 0) is 64.1 Å². The van der Waals surface area contributed by atoms with E-state index in [-0.39, 0.29) is 11.1 Å². The van der Waals surface area contributed by atoms with Gasteiger partial charge in [-0.1, -0.05) is 48.5 Å². The topological polar surface area (TPSA) is 33.3 Å². The summed E-state index contributed by atoms with van der Waals surface area (Å²) in [6.45, 7) is 9.12. The first-order valence-corrected chi connectivity index (χ1v) is 10.1. The molecule has 146 valence electrons. The highest BCUT2D eigenvalue weighted by molar-refractivity contribution is 5.88. The SMILES string of the molecule is CC1(C)CC(Nc2ccccc2Oc2cccc3ccccc23)CC(C)(C)N1. The van der Waals surface area contributed by atoms with Gasteiger partial charge in [0.25, 0.3) is 0 Å². The Balaban J connectivity index is 1.61. The normalized spacial score (nSPS) is 18.7. The number of piperidine rings is 1. The summed E-state index contributed by atoms with van der Waals surface area (Å²) in [6.07, 6.45) is 2.14. The van der Waals surface area contributed by atoms with Crippen LogP contribution in [0.15, 0.2) is 66.7 Å². The lowest BCUT2D eigenvalue weighted by Crippen LogP contribution is -2.60. The number of rotatable bonds is 4. The number of ether oxygens (including phenoxy) is 1. The van der Waals surface area contributed by atoms with E-state index < -0.39 is 0 Å². The van der Waals surface area contributed by atoms with Crippen LogP contribution in [-0.4, -0.2) is 17.1 Å². The van der Waals surface area contributed by atoms with E-state index in [1.165, 1.54) is 5.39 Å².